The van der Waals surface area contributed by atoms with Crippen LogP contribution in [0.3, 0.4) is 0 Å². The summed E-state index contributed by atoms with van der Waals surface area (Å²) in [5.41, 5.74) is 0. The molecule has 3 atom stereocenters. The molecule has 3 unspecified atom stereocenters. The van der Waals surface area contributed by atoms with E-state index in [0.29, 0.717) is 0 Å². The summed E-state index contributed by atoms with van der Waals surface area (Å²) < 4.78 is 0. The van der Waals surface area contributed by atoms with E-state index in [1.165, 1.54) is 64.6 Å². The zero-order valence-corrected chi connectivity index (χ0v) is 11.8. The summed E-state index contributed by atoms with van der Waals surface area (Å²) in [6.07, 6.45) is 9.95. The molecule has 0 radical (unpaired) electrons. The van der Waals surface area contributed by atoms with Crippen LogP contribution in [0.15, 0.2) is 0 Å². The van der Waals surface area contributed by atoms with E-state index in [0.717, 1.165) is 18.0 Å². The Morgan fingerprint density at radius 3 is 2.47 bits per heavy atom. The largest absolute Gasteiger partial charge is 0.312 e. The first-order valence-electron chi connectivity index (χ1n) is 7.75. The van der Waals surface area contributed by atoms with Gasteiger partial charge in [-0.3, -0.25) is 4.90 Å². The normalized spacial score (nSPS) is 33.5. The van der Waals surface area contributed by atoms with E-state index in [-0.39, 0.29) is 0 Å². The van der Waals surface area contributed by atoms with Gasteiger partial charge in [-0.05, 0) is 51.6 Å². The molecule has 0 aromatic carbocycles. The molecule has 1 aliphatic heterocycles. The Hall–Kier alpha value is -0.0800. The number of likely N-dealkylation sites (tertiary alicyclic amines) is 1. The average molecular weight is 238 g/mol. The third-order valence-corrected chi connectivity index (χ3v) is 4.80. The SMILES string of the molecule is CC1CCCCC1NCC(C)N1CCCCC1. The van der Waals surface area contributed by atoms with Gasteiger partial charge in [-0.15, -0.1) is 0 Å². The number of nitrogens with one attached hydrogen (secondary N) is 1. The summed E-state index contributed by atoms with van der Waals surface area (Å²) in [4.78, 5) is 2.67. The maximum absolute atomic E-state index is 3.83. The molecule has 0 aromatic rings. The number of piperidine rings is 1. The summed E-state index contributed by atoms with van der Waals surface area (Å²) >= 11 is 0. The third-order valence-electron chi connectivity index (χ3n) is 4.80. The maximum atomic E-state index is 3.83. The van der Waals surface area contributed by atoms with Crippen molar-refractivity contribution in [3.63, 3.8) is 0 Å². The highest BCUT2D eigenvalue weighted by Crippen LogP contribution is 2.23. The fraction of sp³-hybridized carbons (Fsp3) is 1.00. The topological polar surface area (TPSA) is 15.3 Å². The van der Waals surface area contributed by atoms with Crippen molar-refractivity contribution in [1.82, 2.24) is 10.2 Å². The molecule has 2 nitrogen and oxygen atoms in total. The zero-order valence-electron chi connectivity index (χ0n) is 11.8. The molecule has 1 heterocycles. The molecule has 1 aliphatic carbocycles. The van der Waals surface area contributed by atoms with Crippen molar-refractivity contribution in [2.24, 2.45) is 5.92 Å². The molecule has 17 heavy (non-hydrogen) atoms. The van der Waals surface area contributed by atoms with Gasteiger partial charge in [0.15, 0.2) is 0 Å². The number of hydrogen-bond acceptors (Lipinski definition) is 2. The van der Waals surface area contributed by atoms with Crippen LogP contribution in [0.1, 0.15) is 58.8 Å². The quantitative estimate of drug-likeness (QED) is 0.810. The molecule has 2 fully saturated rings. The van der Waals surface area contributed by atoms with Gasteiger partial charge in [0.25, 0.3) is 0 Å². The van der Waals surface area contributed by atoms with Crippen LogP contribution in [0.2, 0.25) is 0 Å². The summed E-state index contributed by atoms with van der Waals surface area (Å²) in [6.45, 7) is 8.65. The second-order valence-corrected chi connectivity index (χ2v) is 6.22. The van der Waals surface area contributed by atoms with E-state index in [9.17, 15) is 0 Å². The summed E-state index contributed by atoms with van der Waals surface area (Å²) in [5, 5.41) is 3.83. The third kappa shape index (κ3) is 3.96. The minimum Gasteiger partial charge on any atom is -0.312 e. The molecule has 2 aliphatic rings. The Labute approximate surface area is 107 Å². The van der Waals surface area contributed by atoms with E-state index >= 15 is 0 Å². The van der Waals surface area contributed by atoms with Crippen molar-refractivity contribution in [2.45, 2.75) is 70.9 Å². The van der Waals surface area contributed by atoms with E-state index in [1.54, 1.807) is 0 Å². The Balaban J connectivity index is 1.69. The fourth-order valence-electron chi connectivity index (χ4n) is 3.43. The van der Waals surface area contributed by atoms with Crippen molar-refractivity contribution in [3.8, 4) is 0 Å². The predicted molar refractivity (Wildman–Crippen MR) is 74.3 cm³/mol. The Bertz CT molecular complexity index is 211. The van der Waals surface area contributed by atoms with Crippen LogP contribution in [0.4, 0.5) is 0 Å². The van der Waals surface area contributed by atoms with Crippen molar-refractivity contribution in [1.29, 1.82) is 0 Å². The molecule has 0 aromatic heterocycles. The highest BCUT2D eigenvalue weighted by molar-refractivity contribution is 4.81. The van der Waals surface area contributed by atoms with Gasteiger partial charge in [0.1, 0.15) is 0 Å². The van der Waals surface area contributed by atoms with Crippen molar-refractivity contribution < 1.29 is 0 Å². The lowest BCUT2D eigenvalue weighted by molar-refractivity contribution is 0.160. The van der Waals surface area contributed by atoms with Gasteiger partial charge in [0.2, 0.25) is 0 Å². The molecule has 1 saturated carbocycles. The minimum absolute atomic E-state index is 0.726. The highest BCUT2D eigenvalue weighted by atomic mass is 15.2. The molecular weight excluding hydrogens is 208 g/mol. The Kier molecular flexibility index (Phi) is 5.30. The van der Waals surface area contributed by atoms with E-state index in [2.05, 4.69) is 24.1 Å². The number of hydrogen-bond donors (Lipinski definition) is 1. The van der Waals surface area contributed by atoms with Crippen molar-refractivity contribution in [2.75, 3.05) is 19.6 Å². The maximum Gasteiger partial charge on any atom is 0.0192 e. The van der Waals surface area contributed by atoms with E-state index < -0.39 is 0 Å². The van der Waals surface area contributed by atoms with Crippen LogP contribution in [0.25, 0.3) is 0 Å². The van der Waals surface area contributed by atoms with Gasteiger partial charge in [-0.1, -0.05) is 26.2 Å². The average Bonchev–Trinajstić information content (AvgIpc) is 2.38. The van der Waals surface area contributed by atoms with E-state index in [4.69, 9.17) is 0 Å². The molecule has 1 N–H and O–H groups in total. The van der Waals surface area contributed by atoms with Crippen LogP contribution >= 0.6 is 0 Å². The first-order chi connectivity index (χ1) is 8.27. The van der Waals surface area contributed by atoms with Crippen LogP contribution in [-0.4, -0.2) is 36.6 Å². The number of rotatable bonds is 4. The minimum atomic E-state index is 0.726. The monoisotopic (exact) mass is 238 g/mol. The molecule has 2 rings (SSSR count). The van der Waals surface area contributed by atoms with Gasteiger partial charge >= 0.3 is 0 Å². The van der Waals surface area contributed by atoms with Crippen LogP contribution in [-0.2, 0) is 0 Å². The van der Waals surface area contributed by atoms with Crippen molar-refractivity contribution >= 4 is 0 Å². The molecular formula is C15H30N2. The molecule has 0 bridgehead atoms. The smallest absolute Gasteiger partial charge is 0.0192 e. The molecule has 1 saturated heterocycles. The Morgan fingerprint density at radius 2 is 1.76 bits per heavy atom. The highest BCUT2D eigenvalue weighted by Gasteiger charge is 2.22. The lowest BCUT2D eigenvalue weighted by Crippen LogP contribution is -2.47. The van der Waals surface area contributed by atoms with Gasteiger partial charge in [-0.25, -0.2) is 0 Å². The van der Waals surface area contributed by atoms with Crippen LogP contribution < -0.4 is 5.32 Å². The van der Waals surface area contributed by atoms with Crippen LogP contribution in [0.5, 0.6) is 0 Å². The standard InChI is InChI=1S/C15H30N2/c1-13-8-4-5-9-15(13)16-12-14(2)17-10-6-3-7-11-17/h13-16H,3-12H2,1-2H3. The fourth-order valence-corrected chi connectivity index (χ4v) is 3.43. The van der Waals surface area contributed by atoms with Gasteiger partial charge in [0.05, 0.1) is 0 Å². The molecule has 100 valence electrons. The second-order valence-electron chi connectivity index (χ2n) is 6.22. The van der Waals surface area contributed by atoms with Gasteiger partial charge in [-0.2, -0.15) is 0 Å². The Morgan fingerprint density at radius 1 is 1.06 bits per heavy atom. The van der Waals surface area contributed by atoms with E-state index in [1.807, 2.05) is 0 Å². The van der Waals surface area contributed by atoms with Crippen LogP contribution in [0, 0.1) is 5.92 Å². The molecule has 2 heteroatoms. The first-order valence-corrected chi connectivity index (χ1v) is 7.75. The summed E-state index contributed by atoms with van der Waals surface area (Å²) in [5.74, 6) is 0.886. The van der Waals surface area contributed by atoms with Gasteiger partial charge in [0, 0.05) is 18.6 Å². The molecule has 0 spiro atoms. The second kappa shape index (κ2) is 6.75. The first kappa shape index (κ1) is 13.4. The summed E-state index contributed by atoms with van der Waals surface area (Å²) in [6, 6.07) is 1.51. The molecule has 0 amide bonds. The lowest BCUT2D eigenvalue weighted by Gasteiger charge is -2.35. The predicted octanol–water partition coefficient (Wildman–Crippen LogP) is 3.03. The van der Waals surface area contributed by atoms with Crippen molar-refractivity contribution in [3.05, 3.63) is 0 Å². The number of nitrogens with zero attached hydrogens (tertiary/aromatic N) is 1. The zero-order chi connectivity index (χ0) is 12.1. The summed E-state index contributed by atoms with van der Waals surface area (Å²) in [7, 11) is 0. The van der Waals surface area contributed by atoms with Gasteiger partial charge < -0.3 is 5.32 Å². The lowest BCUT2D eigenvalue weighted by atomic mass is 9.86.